The Morgan fingerprint density at radius 3 is 2.87 bits per heavy atom. The molecule has 0 aromatic heterocycles. The summed E-state index contributed by atoms with van der Waals surface area (Å²) < 4.78 is 5.69. The zero-order chi connectivity index (χ0) is 21.4. The summed E-state index contributed by atoms with van der Waals surface area (Å²) in [4.78, 5) is 16.8. The van der Waals surface area contributed by atoms with Gasteiger partial charge in [-0.15, -0.1) is 0 Å². The van der Waals surface area contributed by atoms with Crippen molar-refractivity contribution in [2.75, 3.05) is 24.6 Å². The number of phenols is 1. The molecule has 1 saturated heterocycles. The smallest absolute Gasteiger partial charge is 0.229 e. The van der Waals surface area contributed by atoms with Gasteiger partial charge in [-0.2, -0.15) is 5.26 Å². The molecule has 2 aromatic rings. The minimum absolute atomic E-state index is 0.0135. The average Bonchev–Trinajstić information content (AvgIpc) is 2.75. The van der Waals surface area contributed by atoms with Crippen LogP contribution in [-0.4, -0.2) is 35.6 Å². The predicted octanol–water partition coefficient (Wildman–Crippen LogP) is 5.04. The molecule has 1 unspecified atom stereocenters. The van der Waals surface area contributed by atoms with E-state index in [4.69, 9.17) is 16.3 Å². The first-order valence-corrected chi connectivity index (χ1v) is 11.2. The minimum atomic E-state index is -0.398. The summed E-state index contributed by atoms with van der Waals surface area (Å²) in [5.74, 6) is 0.418. The second kappa shape index (κ2) is 8.42. The Bertz CT molecular complexity index is 1100. The molecular weight excluding hydrogens is 490 g/mol. The van der Waals surface area contributed by atoms with Crippen molar-refractivity contribution >= 4 is 50.9 Å². The Hall–Kier alpha value is -2.34. The highest BCUT2D eigenvalue weighted by Crippen LogP contribution is 2.46. The number of halogens is 2. The second-order valence-corrected chi connectivity index (χ2v) is 9.12. The van der Waals surface area contributed by atoms with E-state index in [0.717, 1.165) is 11.3 Å². The van der Waals surface area contributed by atoms with Gasteiger partial charge >= 0.3 is 0 Å². The number of hydrogen-bond donors (Lipinski definition) is 1. The number of ether oxygens (including phenoxy) is 1. The number of carbonyl (C=O) groups is 1. The summed E-state index contributed by atoms with van der Waals surface area (Å²) in [7, 11) is 1.46. The van der Waals surface area contributed by atoms with Crippen molar-refractivity contribution in [3.8, 4) is 17.6 Å². The number of aromatic hydroxyl groups is 1. The van der Waals surface area contributed by atoms with Crippen LogP contribution in [0.1, 0.15) is 17.9 Å². The van der Waals surface area contributed by atoms with Gasteiger partial charge in [0.25, 0.3) is 0 Å². The van der Waals surface area contributed by atoms with Crippen LogP contribution in [0.4, 0.5) is 5.69 Å². The molecule has 2 aliphatic heterocycles. The first-order chi connectivity index (χ1) is 14.4. The van der Waals surface area contributed by atoms with Crippen LogP contribution in [0.25, 0.3) is 0 Å². The van der Waals surface area contributed by atoms with Crippen molar-refractivity contribution in [1.82, 2.24) is 4.90 Å². The number of benzene rings is 2. The maximum absolute atomic E-state index is 13.0. The summed E-state index contributed by atoms with van der Waals surface area (Å²) in [5.41, 5.74) is 2.21. The van der Waals surface area contributed by atoms with Crippen LogP contribution in [0, 0.1) is 11.3 Å². The largest absolute Gasteiger partial charge is 0.503 e. The molecule has 1 fully saturated rings. The van der Waals surface area contributed by atoms with Gasteiger partial charge in [-0.1, -0.05) is 29.4 Å². The number of rotatable bonds is 3. The van der Waals surface area contributed by atoms with E-state index >= 15 is 0 Å². The molecule has 2 aromatic carbocycles. The molecule has 2 aliphatic rings. The fourth-order valence-corrected chi connectivity index (χ4v) is 5.45. The molecule has 4 rings (SSSR count). The number of fused-ring (bicyclic) bond motifs is 1. The third-order valence-corrected chi connectivity index (χ3v) is 7.13. The summed E-state index contributed by atoms with van der Waals surface area (Å²) in [6.45, 7) is 0.363. The SMILES string of the molecule is COc1cc(C2CC(=O)N3CN(c4cccc(Cl)c4)CSC3=C2C#N)cc(Br)c1O. The normalized spacial score (nSPS) is 18.9. The number of allylic oxidation sites excluding steroid dienone is 1. The zero-order valence-electron chi connectivity index (χ0n) is 15.9. The van der Waals surface area contributed by atoms with Crippen molar-refractivity contribution in [2.45, 2.75) is 12.3 Å². The molecule has 1 amide bonds. The van der Waals surface area contributed by atoms with Gasteiger partial charge in [0.05, 0.1) is 40.8 Å². The van der Waals surface area contributed by atoms with Crippen molar-refractivity contribution in [3.05, 3.63) is 62.1 Å². The average molecular weight is 507 g/mol. The van der Waals surface area contributed by atoms with E-state index in [9.17, 15) is 15.2 Å². The molecule has 0 spiro atoms. The van der Waals surface area contributed by atoms with Crippen LogP contribution < -0.4 is 9.64 Å². The number of thioether (sulfide) groups is 1. The maximum atomic E-state index is 13.0. The van der Waals surface area contributed by atoms with Crippen LogP contribution >= 0.6 is 39.3 Å². The molecule has 30 heavy (non-hydrogen) atoms. The number of hydrogen-bond acceptors (Lipinski definition) is 6. The molecule has 9 heteroatoms. The summed E-state index contributed by atoms with van der Waals surface area (Å²) in [5, 5.41) is 21.3. The molecule has 1 N–H and O–H groups in total. The Morgan fingerprint density at radius 2 is 2.17 bits per heavy atom. The molecule has 0 radical (unpaired) electrons. The number of amides is 1. The van der Waals surface area contributed by atoms with Gasteiger partial charge < -0.3 is 14.7 Å². The predicted molar refractivity (Wildman–Crippen MR) is 120 cm³/mol. The van der Waals surface area contributed by atoms with Gasteiger partial charge in [0.1, 0.15) is 0 Å². The van der Waals surface area contributed by atoms with E-state index in [-0.39, 0.29) is 18.1 Å². The third kappa shape index (κ3) is 3.73. The number of methoxy groups -OCH3 is 1. The number of anilines is 1. The maximum Gasteiger partial charge on any atom is 0.229 e. The highest BCUT2D eigenvalue weighted by molar-refractivity contribution is 9.10. The molecule has 0 aliphatic carbocycles. The standard InChI is InChI=1S/C21H17BrClN3O3S/c1-29-18-6-12(5-17(22)20(18)28)15-8-19(27)26-10-25(11-30-21(26)16(15)9-24)14-4-2-3-13(23)7-14/h2-7,15,28H,8,10-11H2,1H3. The molecule has 1 atom stereocenters. The van der Waals surface area contributed by atoms with Crippen molar-refractivity contribution in [1.29, 1.82) is 5.26 Å². The van der Waals surface area contributed by atoms with E-state index in [1.807, 2.05) is 29.2 Å². The fourth-order valence-electron chi connectivity index (χ4n) is 3.63. The van der Waals surface area contributed by atoms with Gasteiger partial charge in [0.15, 0.2) is 11.5 Å². The zero-order valence-corrected chi connectivity index (χ0v) is 19.1. The molecular formula is C21H17BrClN3O3S. The molecule has 0 bridgehead atoms. The summed E-state index contributed by atoms with van der Waals surface area (Å²) >= 11 is 10.9. The van der Waals surface area contributed by atoms with E-state index in [2.05, 4.69) is 22.0 Å². The fraction of sp³-hybridized carbons (Fsp3) is 0.238. The number of phenolic OH excluding ortho intramolecular Hbond substituents is 1. The first kappa shape index (κ1) is 20.9. The Balaban J connectivity index is 1.70. The lowest BCUT2D eigenvalue weighted by Crippen LogP contribution is -2.47. The second-order valence-electron chi connectivity index (χ2n) is 6.90. The van der Waals surface area contributed by atoms with E-state index in [0.29, 0.717) is 38.4 Å². The molecule has 6 nitrogen and oxygen atoms in total. The van der Waals surface area contributed by atoms with Gasteiger partial charge in [-0.05, 0) is 51.8 Å². The van der Waals surface area contributed by atoms with Crippen LogP contribution in [0.3, 0.4) is 0 Å². The lowest BCUT2D eigenvalue weighted by Gasteiger charge is -2.42. The van der Waals surface area contributed by atoms with Gasteiger partial charge in [0, 0.05) is 23.0 Å². The first-order valence-electron chi connectivity index (χ1n) is 9.07. The minimum Gasteiger partial charge on any atom is -0.503 e. The van der Waals surface area contributed by atoms with Crippen molar-refractivity contribution < 1.29 is 14.6 Å². The lowest BCUT2D eigenvalue weighted by molar-refractivity contribution is -0.129. The van der Waals surface area contributed by atoms with Crippen molar-refractivity contribution in [2.24, 2.45) is 0 Å². The molecule has 0 saturated carbocycles. The number of carbonyl (C=O) groups excluding carboxylic acids is 1. The van der Waals surface area contributed by atoms with E-state index < -0.39 is 5.92 Å². The third-order valence-electron chi connectivity index (χ3n) is 5.14. The number of nitrogens with zero attached hydrogens (tertiary/aromatic N) is 3. The highest BCUT2D eigenvalue weighted by Gasteiger charge is 2.38. The summed E-state index contributed by atoms with van der Waals surface area (Å²) in [6.07, 6.45) is 0.163. The Kier molecular flexibility index (Phi) is 5.87. The van der Waals surface area contributed by atoms with Crippen LogP contribution in [0.5, 0.6) is 11.5 Å². The van der Waals surface area contributed by atoms with E-state index in [1.54, 1.807) is 17.0 Å². The molecule has 154 valence electrons. The molecule has 2 heterocycles. The Morgan fingerprint density at radius 1 is 1.37 bits per heavy atom. The Labute approximate surface area is 191 Å². The monoisotopic (exact) mass is 505 g/mol. The van der Waals surface area contributed by atoms with Gasteiger partial charge in [-0.25, -0.2) is 0 Å². The van der Waals surface area contributed by atoms with Crippen LogP contribution in [0.2, 0.25) is 5.02 Å². The van der Waals surface area contributed by atoms with Gasteiger partial charge in [0.2, 0.25) is 5.91 Å². The topological polar surface area (TPSA) is 76.8 Å². The number of nitriles is 1. The quantitative estimate of drug-likeness (QED) is 0.629. The highest BCUT2D eigenvalue weighted by atomic mass is 79.9. The van der Waals surface area contributed by atoms with Crippen LogP contribution in [0.15, 0.2) is 51.5 Å². The summed E-state index contributed by atoms with van der Waals surface area (Å²) in [6, 6.07) is 13.2. The van der Waals surface area contributed by atoms with E-state index in [1.165, 1.54) is 18.9 Å². The van der Waals surface area contributed by atoms with Gasteiger partial charge in [-0.3, -0.25) is 9.69 Å². The lowest BCUT2D eigenvalue weighted by atomic mass is 9.86. The van der Waals surface area contributed by atoms with Crippen molar-refractivity contribution in [3.63, 3.8) is 0 Å². The van der Waals surface area contributed by atoms with Crippen LogP contribution in [-0.2, 0) is 4.79 Å².